The van der Waals surface area contributed by atoms with Crippen molar-refractivity contribution in [1.29, 1.82) is 0 Å². The molecular weight excluding hydrogens is 142 g/mol. The first-order valence-electron chi connectivity index (χ1n) is 4.02. The van der Waals surface area contributed by atoms with Crippen molar-refractivity contribution in [2.45, 2.75) is 38.6 Å². The van der Waals surface area contributed by atoms with Crippen LogP contribution in [0.2, 0.25) is 0 Å². The molecule has 1 aliphatic rings. The molecule has 3 heteroatoms. The first-order chi connectivity index (χ1) is 4.97. The first-order valence-corrected chi connectivity index (χ1v) is 4.02. The summed E-state index contributed by atoms with van der Waals surface area (Å²) >= 11 is 0. The van der Waals surface area contributed by atoms with Crippen molar-refractivity contribution in [3.63, 3.8) is 0 Å². The molecule has 1 saturated heterocycles. The van der Waals surface area contributed by atoms with Gasteiger partial charge in [0.05, 0.1) is 12.2 Å². The first kappa shape index (κ1) is 8.97. The molecule has 1 aliphatic heterocycles. The second-order valence-electron chi connectivity index (χ2n) is 3.78. The summed E-state index contributed by atoms with van der Waals surface area (Å²) in [5, 5.41) is 0. The molecule has 0 spiro atoms. The predicted molar refractivity (Wildman–Crippen MR) is 43.2 cm³/mol. The maximum absolute atomic E-state index is 5.67. The van der Waals surface area contributed by atoms with Crippen LogP contribution in [0.15, 0.2) is 0 Å². The van der Waals surface area contributed by atoms with Crippen molar-refractivity contribution in [2.24, 2.45) is 5.73 Å². The van der Waals surface area contributed by atoms with Gasteiger partial charge in [-0.25, -0.2) is 0 Å². The fraction of sp³-hybridized carbons (Fsp3) is 1.00. The minimum absolute atomic E-state index is 0.168. The average Bonchev–Trinajstić information content (AvgIpc) is 2.07. The highest BCUT2D eigenvalue weighted by Gasteiger charge is 2.40. The van der Waals surface area contributed by atoms with E-state index in [9.17, 15) is 0 Å². The van der Waals surface area contributed by atoms with E-state index in [1.807, 2.05) is 20.8 Å². The van der Waals surface area contributed by atoms with E-state index in [1.165, 1.54) is 0 Å². The second kappa shape index (κ2) is 2.73. The number of hydrogen-bond acceptors (Lipinski definition) is 3. The van der Waals surface area contributed by atoms with E-state index in [0.29, 0.717) is 13.2 Å². The Labute approximate surface area is 67.9 Å². The Balaban J connectivity index is 2.51. The van der Waals surface area contributed by atoms with E-state index in [0.717, 1.165) is 6.42 Å². The van der Waals surface area contributed by atoms with Crippen molar-refractivity contribution in [3.05, 3.63) is 0 Å². The molecule has 1 fully saturated rings. The van der Waals surface area contributed by atoms with E-state index >= 15 is 0 Å². The molecule has 0 aromatic rings. The number of ether oxygens (including phenoxy) is 2. The third-order valence-corrected chi connectivity index (χ3v) is 1.89. The third-order valence-electron chi connectivity index (χ3n) is 1.89. The van der Waals surface area contributed by atoms with E-state index < -0.39 is 5.79 Å². The zero-order valence-corrected chi connectivity index (χ0v) is 7.52. The van der Waals surface area contributed by atoms with Crippen LogP contribution < -0.4 is 5.73 Å². The molecule has 1 atom stereocenters. The van der Waals surface area contributed by atoms with Gasteiger partial charge in [0.25, 0.3) is 0 Å². The van der Waals surface area contributed by atoms with Crippen LogP contribution in [0.5, 0.6) is 0 Å². The van der Waals surface area contributed by atoms with Gasteiger partial charge < -0.3 is 15.2 Å². The number of hydrogen-bond donors (Lipinski definition) is 1. The Bertz CT molecular complexity index is 147. The van der Waals surface area contributed by atoms with E-state index in [2.05, 4.69) is 0 Å². The average molecular weight is 159 g/mol. The van der Waals surface area contributed by atoms with E-state index in [-0.39, 0.29) is 5.60 Å². The highest BCUT2D eigenvalue weighted by molar-refractivity contribution is 4.83. The van der Waals surface area contributed by atoms with Crippen LogP contribution in [0.1, 0.15) is 27.2 Å². The van der Waals surface area contributed by atoms with Crippen LogP contribution in [-0.4, -0.2) is 24.5 Å². The molecule has 0 saturated carbocycles. The number of rotatable bonds is 2. The lowest BCUT2D eigenvalue weighted by atomic mass is 10.0. The van der Waals surface area contributed by atoms with Crippen molar-refractivity contribution in [1.82, 2.24) is 0 Å². The Morgan fingerprint density at radius 2 is 2.00 bits per heavy atom. The van der Waals surface area contributed by atoms with E-state index in [1.54, 1.807) is 0 Å². The van der Waals surface area contributed by atoms with Crippen LogP contribution >= 0.6 is 0 Å². The normalized spacial score (nSPS) is 36.0. The molecule has 2 N–H and O–H groups in total. The molecule has 0 unspecified atom stereocenters. The van der Waals surface area contributed by atoms with Crippen molar-refractivity contribution < 1.29 is 9.47 Å². The Kier molecular flexibility index (Phi) is 2.23. The molecule has 0 amide bonds. The monoisotopic (exact) mass is 159 g/mol. The molecule has 1 rings (SSSR count). The van der Waals surface area contributed by atoms with Gasteiger partial charge in [0.2, 0.25) is 0 Å². The zero-order valence-electron chi connectivity index (χ0n) is 7.52. The van der Waals surface area contributed by atoms with Gasteiger partial charge in [-0.15, -0.1) is 0 Å². The Morgan fingerprint density at radius 3 is 2.36 bits per heavy atom. The summed E-state index contributed by atoms with van der Waals surface area (Å²) in [4.78, 5) is 0. The van der Waals surface area contributed by atoms with Crippen molar-refractivity contribution in [3.8, 4) is 0 Å². The van der Waals surface area contributed by atoms with Gasteiger partial charge in [0.15, 0.2) is 5.79 Å². The highest BCUT2D eigenvalue weighted by Crippen LogP contribution is 2.32. The summed E-state index contributed by atoms with van der Waals surface area (Å²) in [6.45, 7) is 7.19. The molecular formula is C8H17NO2. The summed E-state index contributed by atoms with van der Waals surface area (Å²) in [5.41, 5.74) is 5.28. The van der Waals surface area contributed by atoms with Gasteiger partial charge in [0.1, 0.15) is 0 Å². The zero-order chi connectivity index (χ0) is 8.54. The SMILES string of the molecule is CC1(C)OC[C@](C)(CCN)O1. The smallest absolute Gasteiger partial charge is 0.163 e. The van der Waals surface area contributed by atoms with Crippen molar-refractivity contribution in [2.75, 3.05) is 13.2 Å². The molecule has 0 aromatic heterocycles. The van der Waals surface area contributed by atoms with Gasteiger partial charge in [-0.05, 0) is 33.7 Å². The van der Waals surface area contributed by atoms with Crippen molar-refractivity contribution >= 4 is 0 Å². The van der Waals surface area contributed by atoms with Crippen LogP contribution in [0.3, 0.4) is 0 Å². The standard InChI is InChI=1S/C8H17NO2/c1-7(2)10-6-8(3,11-7)4-5-9/h4-6,9H2,1-3H3/t8-/m0/s1. The van der Waals surface area contributed by atoms with Crippen LogP contribution in [0.4, 0.5) is 0 Å². The van der Waals surface area contributed by atoms with Gasteiger partial charge in [-0.3, -0.25) is 0 Å². The van der Waals surface area contributed by atoms with Gasteiger partial charge in [-0.2, -0.15) is 0 Å². The highest BCUT2D eigenvalue weighted by atomic mass is 16.7. The number of nitrogens with two attached hydrogens (primary N) is 1. The third kappa shape index (κ3) is 2.15. The Hall–Kier alpha value is -0.120. The largest absolute Gasteiger partial charge is 0.348 e. The summed E-state index contributed by atoms with van der Waals surface area (Å²) in [5.74, 6) is -0.427. The summed E-state index contributed by atoms with van der Waals surface area (Å²) in [7, 11) is 0. The molecule has 0 bridgehead atoms. The van der Waals surface area contributed by atoms with Crippen LogP contribution in [-0.2, 0) is 9.47 Å². The molecule has 1 heterocycles. The Morgan fingerprint density at radius 1 is 1.36 bits per heavy atom. The predicted octanol–water partition coefficient (Wildman–Crippen LogP) is 0.877. The van der Waals surface area contributed by atoms with Gasteiger partial charge in [-0.1, -0.05) is 0 Å². The van der Waals surface area contributed by atoms with Gasteiger partial charge >= 0.3 is 0 Å². The van der Waals surface area contributed by atoms with Crippen LogP contribution in [0, 0.1) is 0 Å². The minimum atomic E-state index is -0.427. The topological polar surface area (TPSA) is 44.5 Å². The van der Waals surface area contributed by atoms with Crippen LogP contribution in [0.25, 0.3) is 0 Å². The second-order valence-corrected chi connectivity index (χ2v) is 3.78. The lowest BCUT2D eigenvalue weighted by Gasteiger charge is -2.24. The minimum Gasteiger partial charge on any atom is -0.348 e. The fourth-order valence-electron chi connectivity index (χ4n) is 1.41. The lowest BCUT2D eigenvalue weighted by Crippen LogP contribution is -2.33. The quantitative estimate of drug-likeness (QED) is 0.650. The summed E-state index contributed by atoms with van der Waals surface area (Å²) in [6, 6.07) is 0. The molecule has 0 radical (unpaired) electrons. The maximum atomic E-state index is 5.67. The summed E-state index contributed by atoms with van der Waals surface area (Å²) < 4.78 is 11.1. The maximum Gasteiger partial charge on any atom is 0.163 e. The molecule has 0 aromatic carbocycles. The molecule has 66 valence electrons. The summed E-state index contributed by atoms with van der Waals surface area (Å²) in [6.07, 6.45) is 0.858. The lowest BCUT2D eigenvalue weighted by molar-refractivity contribution is -0.158. The molecule has 11 heavy (non-hydrogen) atoms. The fourth-order valence-corrected chi connectivity index (χ4v) is 1.41. The molecule has 0 aliphatic carbocycles. The van der Waals surface area contributed by atoms with Gasteiger partial charge in [0, 0.05) is 0 Å². The van der Waals surface area contributed by atoms with E-state index in [4.69, 9.17) is 15.2 Å². The molecule has 3 nitrogen and oxygen atoms in total.